The van der Waals surface area contributed by atoms with Crippen LogP contribution in [0.4, 0.5) is 11.8 Å². The van der Waals surface area contributed by atoms with Crippen LogP contribution in [0.25, 0.3) is 0 Å². The van der Waals surface area contributed by atoms with Crippen LogP contribution in [0.5, 0.6) is 0 Å². The molecule has 0 aliphatic carbocycles. The van der Waals surface area contributed by atoms with Gasteiger partial charge in [0.1, 0.15) is 11.5 Å². The summed E-state index contributed by atoms with van der Waals surface area (Å²) >= 11 is 0. The quantitative estimate of drug-likeness (QED) is 0.685. The Morgan fingerprint density at radius 1 is 1.04 bits per heavy atom. The topological polar surface area (TPSA) is 115 Å². The van der Waals surface area contributed by atoms with Gasteiger partial charge in [-0.15, -0.1) is 10.2 Å². The number of nitrogens with one attached hydrogen (secondary N) is 2. The van der Waals surface area contributed by atoms with Crippen LogP contribution in [0.15, 0.2) is 50.8 Å². The number of hydrogen-bond acceptors (Lipinski definition) is 6. The Morgan fingerprint density at radius 3 is 2.44 bits per heavy atom. The first kappa shape index (κ1) is 16.4. The third-order valence-electron chi connectivity index (χ3n) is 3.75. The molecule has 0 fully saturated rings. The Bertz CT molecular complexity index is 1080. The van der Waals surface area contributed by atoms with Crippen molar-refractivity contribution in [2.24, 2.45) is 14.1 Å². The highest BCUT2D eigenvalue weighted by Gasteiger charge is 2.09. The van der Waals surface area contributed by atoms with E-state index in [9.17, 15) is 14.4 Å². The molecule has 2 heterocycles. The van der Waals surface area contributed by atoms with Gasteiger partial charge < -0.3 is 5.32 Å². The van der Waals surface area contributed by atoms with Gasteiger partial charge >= 0.3 is 5.69 Å². The Morgan fingerprint density at radius 2 is 1.76 bits per heavy atom. The van der Waals surface area contributed by atoms with Crippen molar-refractivity contribution in [3.63, 3.8) is 0 Å². The second kappa shape index (κ2) is 6.56. The summed E-state index contributed by atoms with van der Waals surface area (Å²) in [6.45, 7) is 0. The van der Waals surface area contributed by atoms with E-state index >= 15 is 0 Å². The fourth-order valence-electron chi connectivity index (χ4n) is 2.30. The van der Waals surface area contributed by atoms with Gasteiger partial charge in [0.25, 0.3) is 11.1 Å². The predicted molar refractivity (Wildman–Crippen MR) is 92.1 cm³/mol. The number of hydrogen-bond donors (Lipinski definition) is 2. The number of anilines is 2. The van der Waals surface area contributed by atoms with Crippen LogP contribution in [0, 0.1) is 0 Å². The number of nitrogens with zero attached hydrogens (tertiary/aromatic N) is 4. The van der Waals surface area contributed by atoms with Gasteiger partial charge in [0.05, 0.1) is 0 Å². The first-order valence-corrected chi connectivity index (χ1v) is 7.49. The molecular formula is C16H16N6O3. The van der Waals surface area contributed by atoms with E-state index in [0.717, 1.165) is 10.1 Å². The minimum absolute atomic E-state index is 0.0464. The molecular weight excluding hydrogens is 324 g/mol. The first-order valence-electron chi connectivity index (χ1n) is 7.49. The third-order valence-corrected chi connectivity index (χ3v) is 3.75. The van der Waals surface area contributed by atoms with E-state index in [2.05, 4.69) is 20.5 Å². The molecule has 0 saturated heterocycles. The van der Waals surface area contributed by atoms with Crippen LogP contribution < -0.4 is 22.1 Å². The van der Waals surface area contributed by atoms with E-state index in [-0.39, 0.29) is 17.5 Å². The zero-order chi connectivity index (χ0) is 18.0. The molecule has 25 heavy (non-hydrogen) atoms. The van der Waals surface area contributed by atoms with E-state index in [0.29, 0.717) is 6.42 Å². The lowest BCUT2D eigenvalue weighted by Gasteiger charge is -2.10. The second-order valence-electron chi connectivity index (χ2n) is 5.51. The second-order valence-corrected chi connectivity index (χ2v) is 5.51. The number of rotatable bonds is 4. The van der Waals surface area contributed by atoms with Gasteiger partial charge in [-0.25, -0.2) is 4.79 Å². The molecule has 3 aromatic rings. The van der Waals surface area contributed by atoms with Crippen molar-refractivity contribution >= 4 is 11.8 Å². The van der Waals surface area contributed by atoms with Crippen molar-refractivity contribution in [1.29, 1.82) is 0 Å². The lowest BCUT2D eigenvalue weighted by Crippen LogP contribution is -2.37. The molecule has 0 radical (unpaired) electrons. The van der Waals surface area contributed by atoms with Gasteiger partial charge in [-0.05, 0) is 5.56 Å². The average Bonchev–Trinajstić information content (AvgIpc) is 2.61. The average molecular weight is 340 g/mol. The van der Waals surface area contributed by atoms with E-state index in [4.69, 9.17) is 0 Å². The summed E-state index contributed by atoms with van der Waals surface area (Å²) in [6, 6.07) is 10.7. The van der Waals surface area contributed by atoms with Crippen LogP contribution in [0.3, 0.4) is 0 Å². The van der Waals surface area contributed by atoms with Crippen molar-refractivity contribution in [1.82, 2.24) is 24.3 Å². The summed E-state index contributed by atoms with van der Waals surface area (Å²) in [4.78, 5) is 38.4. The fraction of sp³-hybridized carbons (Fsp3) is 0.188. The largest absolute Gasteiger partial charge is 0.332 e. The standard InChI is InChI=1S/C16H16N6O3/c1-21-12(9-13(23)22(2)16(21)25)17-15-18-14(24)11(19-20-15)8-10-6-4-3-5-7-10/h3-7,9H,8H2,1-2H3,(H2,17,18,20,24). The molecule has 0 saturated carbocycles. The van der Waals surface area contributed by atoms with Crippen molar-refractivity contribution in [2.75, 3.05) is 5.32 Å². The van der Waals surface area contributed by atoms with Crippen molar-refractivity contribution in [2.45, 2.75) is 6.42 Å². The van der Waals surface area contributed by atoms with E-state index in [1.165, 1.54) is 24.7 Å². The molecule has 2 aromatic heterocycles. The van der Waals surface area contributed by atoms with E-state index in [1.54, 1.807) is 0 Å². The molecule has 0 bridgehead atoms. The fourth-order valence-corrected chi connectivity index (χ4v) is 2.30. The molecule has 0 aliphatic heterocycles. The molecule has 9 heteroatoms. The van der Waals surface area contributed by atoms with Crippen molar-refractivity contribution < 1.29 is 0 Å². The normalized spacial score (nSPS) is 10.6. The van der Waals surface area contributed by atoms with E-state index < -0.39 is 16.8 Å². The van der Waals surface area contributed by atoms with Crippen LogP contribution in [-0.2, 0) is 20.5 Å². The number of H-pyrrole nitrogens is 1. The summed E-state index contributed by atoms with van der Waals surface area (Å²) in [7, 11) is 2.88. The Labute approximate surface area is 141 Å². The Balaban J connectivity index is 1.88. The Kier molecular flexibility index (Phi) is 4.29. The van der Waals surface area contributed by atoms with Gasteiger partial charge in [-0.2, -0.15) is 0 Å². The molecule has 128 valence electrons. The third kappa shape index (κ3) is 3.39. The van der Waals surface area contributed by atoms with Crippen molar-refractivity contribution in [3.05, 3.63) is 78.8 Å². The summed E-state index contributed by atoms with van der Waals surface area (Å²) < 4.78 is 2.21. The minimum Gasteiger partial charge on any atom is -0.310 e. The number of aromatic amines is 1. The molecule has 0 amide bonds. The maximum absolute atomic E-state index is 12.2. The molecule has 0 unspecified atom stereocenters. The first-order chi connectivity index (χ1) is 12.0. The molecule has 2 N–H and O–H groups in total. The molecule has 1 aromatic carbocycles. The van der Waals surface area contributed by atoms with Gasteiger partial charge in [-0.1, -0.05) is 30.3 Å². The summed E-state index contributed by atoms with van der Waals surface area (Å²) in [5.74, 6) is 0.249. The molecule has 3 rings (SSSR count). The van der Waals surface area contributed by atoms with Gasteiger partial charge in [-0.3, -0.25) is 23.7 Å². The Hall–Kier alpha value is -3.49. The predicted octanol–water partition coefficient (Wildman–Crippen LogP) is -0.103. The highest BCUT2D eigenvalue weighted by Crippen LogP contribution is 2.07. The highest BCUT2D eigenvalue weighted by molar-refractivity contribution is 5.46. The van der Waals surface area contributed by atoms with Crippen LogP contribution in [0.1, 0.15) is 11.3 Å². The molecule has 0 spiro atoms. The number of aromatic nitrogens is 5. The van der Waals surface area contributed by atoms with Crippen molar-refractivity contribution in [3.8, 4) is 0 Å². The molecule has 0 atom stereocenters. The summed E-state index contributed by atoms with van der Waals surface area (Å²) in [6.07, 6.45) is 0.355. The lowest BCUT2D eigenvalue weighted by molar-refractivity contribution is 0.691. The maximum atomic E-state index is 12.2. The number of benzene rings is 1. The molecule has 0 aliphatic rings. The zero-order valence-corrected chi connectivity index (χ0v) is 13.7. The van der Waals surface area contributed by atoms with Crippen LogP contribution >= 0.6 is 0 Å². The van der Waals surface area contributed by atoms with Gasteiger partial charge in [0, 0.05) is 26.6 Å². The lowest BCUT2D eigenvalue weighted by atomic mass is 10.1. The SMILES string of the molecule is Cn1c(Nc2nnc(Cc3ccccc3)c(=O)[nH]2)cc(=O)n(C)c1=O. The summed E-state index contributed by atoms with van der Waals surface area (Å²) in [5, 5.41) is 10.6. The highest BCUT2D eigenvalue weighted by atomic mass is 16.2. The monoisotopic (exact) mass is 340 g/mol. The van der Waals surface area contributed by atoms with E-state index in [1.807, 2.05) is 30.3 Å². The van der Waals surface area contributed by atoms with Gasteiger partial charge in [0.15, 0.2) is 0 Å². The zero-order valence-electron chi connectivity index (χ0n) is 13.7. The molecule has 9 nitrogen and oxygen atoms in total. The summed E-state index contributed by atoms with van der Waals surface area (Å²) in [5.41, 5.74) is -0.144. The smallest absolute Gasteiger partial charge is 0.310 e. The van der Waals surface area contributed by atoms with Crippen LogP contribution in [0.2, 0.25) is 0 Å². The maximum Gasteiger partial charge on any atom is 0.332 e. The minimum atomic E-state index is -0.494. The van der Waals surface area contributed by atoms with Gasteiger partial charge in [0.2, 0.25) is 5.95 Å². The van der Waals surface area contributed by atoms with Crippen LogP contribution in [-0.4, -0.2) is 24.3 Å².